The zero-order chi connectivity index (χ0) is 12.1. The van der Waals surface area contributed by atoms with Crippen LogP contribution in [0, 0.1) is 11.3 Å². The summed E-state index contributed by atoms with van der Waals surface area (Å²) in [6.45, 7) is 6.35. The van der Waals surface area contributed by atoms with E-state index >= 15 is 0 Å². The molecule has 0 bridgehead atoms. The Bertz CT molecular complexity index is 346. The molecule has 1 aromatic rings. The van der Waals surface area contributed by atoms with E-state index in [0.29, 0.717) is 17.4 Å². The third kappa shape index (κ3) is 3.88. The molecule has 1 rings (SSSR count). The molecule has 3 N–H and O–H groups in total. The van der Waals surface area contributed by atoms with Gasteiger partial charge in [0.05, 0.1) is 6.10 Å². The molecule has 1 heterocycles. The lowest BCUT2D eigenvalue weighted by Gasteiger charge is -2.15. The van der Waals surface area contributed by atoms with Crippen LogP contribution in [0.2, 0.25) is 0 Å². The minimum Gasteiger partial charge on any atom is -0.475 e. The van der Waals surface area contributed by atoms with E-state index in [9.17, 15) is 0 Å². The van der Waals surface area contributed by atoms with E-state index in [1.807, 2.05) is 6.92 Å². The van der Waals surface area contributed by atoms with Crippen LogP contribution in [0.1, 0.15) is 32.8 Å². The van der Waals surface area contributed by atoms with E-state index in [4.69, 9.17) is 15.9 Å². The summed E-state index contributed by atoms with van der Waals surface area (Å²) < 4.78 is 5.64. The van der Waals surface area contributed by atoms with Gasteiger partial charge >= 0.3 is 0 Å². The number of amidine groups is 1. The van der Waals surface area contributed by atoms with Gasteiger partial charge in [-0.1, -0.05) is 13.8 Å². The zero-order valence-corrected chi connectivity index (χ0v) is 10.0. The number of nitrogens with two attached hydrogens (primary N) is 1. The third-order valence-electron chi connectivity index (χ3n) is 2.17. The standard InChI is InChI=1S/C12H19N3O/c1-8(2)6-9(3)16-11-5-4-10(7-15-11)12(13)14/h4-5,7-9H,6H2,1-3H3,(H3,13,14). The van der Waals surface area contributed by atoms with Crippen molar-refractivity contribution in [2.75, 3.05) is 0 Å². The first-order valence-electron chi connectivity index (χ1n) is 5.46. The van der Waals surface area contributed by atoms with Gasteiger partial charge in [0, 0.05) is 17.8 Å². The number of rotatable bonds is 5. The summed E-state index contributed by atoms with van der Waals surface area (Å²) in [5.41, 5.74) is 5.95. The Hall–Kier alpha value is -1.58. The predicted octanol–water partition coefficient (Wildman–Crippen LogP) is 2.18. The van der Waals surface area contributed by atoms with Crippen LogP contribution in [0.5, 0.6) is 5.88 Å². The molecule has 0 aliphatic rings. The lowest BCUT2D eigenvalue weighted by Crippen LogP contribution is -2.16. The summed E-state index contributed by atoms with van der Waals surface area (Å²) in [5.74, 6) is 1.21. The fourth-order valence-corrected chi connectivity index (χ4v) is 1.53. The molecule has 0 spiro atoms. The summed E-state index contributed by atoms with van der Waals surface area (Å²) in [4.78, 5) is 4.10. The Morgan fingerprint density at radius 1 is 1.44 bits per heavy atom. The summed E-state index contributed by atoms with van der Waals surface area (Å²) in [6, 6.07) is 3.49. The average Bonchev–Trinajstić information content (AvgIpc) is 2.16. The van der Waals surface area contributed by atoms with Crippen LogP contribution in [-0.4, -0.2) is 16.9 Å². The minimum absolute atomic E-state index is 0.0225. The molecule has 0 aromatic carbocycles. The summed E-state index contributed by atoms with van der Waals surface area (Å²) in [5, 5.41) is 7.24. The summed E-state index contributed by atoms with van der Waals surface area (Å²) >= 11 is 0. The van der Waals surface area contributed by atoms with E-state index in [2.05, 4.69) is 18.8 Å². The van der Waals surface area contributed by atoms with E-state index in [1.54, 1.807) is 18.3 Å². The van der Waals surface area contributed by atoms with Crippen molar-refractivity contribution >= 4 is 5.84 Å². The molecule has 0 fully saturated rings. The van der Waals surface area contributed by atoms with Crippen LogP contribution >= 0.6 is 0 Å². The maximum absolute atomic E-state index is 7.24. The molecule has 0 saturated heterocycles. The highest BCUT2D eigenvalue weighted by Crippen LogP contribution is 2.13. The number of pyridine rings is 1. The van der Waals surface area contributed by atoms with Crippen LogP contribution in [-0.2, 0) is 0 Å². The third-order valence-corrected chi connectivity index (χ3v) is 2.17. The maximum Gasteiger partial charge on any atom is 0.213 e. The molecule has 16 heavy (non-hydrogen) atoms. The van der Waals surface area contributed by atoms with Crippen molar-refractivity contribution in [1.82, 2.24) is 4.98 Å². The fourth-order valence-electron chi connectivity index (χ4n) is 1.53. The first-order valence-corrected chi connectivity index (χ1v) is 5.46. The monoisotopic (exact) mass is 221 g/mol. The number of nitrogens with one attached hydrogen (secondary N) is 1. The topological polar surface area (TPSA) is 72.0 Å². The summed E-state index contributed by atoms with van der Waals surface area (Å²) in [7, 11) is 0. The predicted molar refractivity (Wildman–Crippen MR) is 64.8 cm³/mol. The van der Waals surface area contributed by atoms with Gasteiger partial charge in [-0.2, -0.15) is 0 Å². The van der Waals surface area contributed by atoms with Crippen LogP contribution in [0.25, 0.3) is 0 Å². The molecule has 0 aliphatic heterocycles. The van der Waals surface area contributed by atoms with Gasteiger partial charge in [-0.3, -0.25) is 5.41 Å². The first kappa shape index (κ1) is 12.5. The van der Waals surface area contributed by atoms with Gasteiger partial charge in [0.1, 0.15) is 5.84 Å². The second-order valence-corrected chi connectivity index (χ2v) is 4.36. The highest BCUT2D eigenvalue weighted by Gasteiger charge is 2.07. The molecule has 88 valence electrons. The van der Waals surface area contributed by atoms with Crippen molar-refractivity contribution in [3.8, 4) is 5.88 Å². The minimum atomic E-state index is 0.0225. The molecule has 4 heteroatoms. The number of hydrogen-bond donors (Lipinski definition) is 2. The molecule has 0 aliphatic carbocycles. The maximum atomic E-state index is 7.24. The van der Waals surface area contributed by atoms with Gasteiger partial charge in [0.25, 0.3) is 0 Å². The van der Waals surface area contributed by atoms with Crippen molar-refractivity contribution in [3.05, 3.63) is 23.9 Å². The fraction of sp³-hybridized carbons (Fsp3) is 0.500. The Balaban J connectivity index is 2.58. The van der Waals surface area contributed by atoms with Crippen molar-refractivity contribution in [1.29, 1.82) is 5.41 Å². The number of ether oxygens (including phenoxy) is 1. The second kappa shape index (κ2) is 5.49. The molecule has 4 nitrogen and oxygen atoms in total. The molecule has 1 atom stereocenters. The smallest absolute Gasteiger partial charge is 0.213 e. The van der Waals surface area contributed by atoms with Crippen LogP contribution in [0.4, 0.5) is 0 Å². The molecule has 1 aromatic heterocycles. The van der Waals surface area contributed by atoms with E-state index in [1.165, 1.54) is 0 Å². The highest BCUT2D eigenvalue weighted by molar-refractivity contribution is 5.94. The van der Waals surface area contributed by atoms with Gasteiger partial charge < -0.3 is 10.5 Å². The number of nitrogens with zero attached hydrogens (tertiary/aromatic N) is 1. The van der Waals surface area contributed by atoms with Crippen molar-refractivity contribution < 1.29 is 4.74 Å². The van der Waals surface area contributed by atoms with Crippen LogP contribution in [0.15, 0.2) is 18.3 Å². The number of aromatic nitrogens is 1. The van der Waals surface area contributed by atoms with Crippen LogP contribution < -0.4 is 10.5 Å². The molecular formula is C12H19N3O. The average molecular weight is 221 g/mol. The van der Waals surface area contributed by atoms with E-state index in [0.717, 1.165) is 6.42 Å². The normalized spacial score (nSPS) is 12.5. The van der Waals surface area contributed by atoms with Gasteiger partial charge in [-0.15, -0.1) is 0 Å². The Morgan fingerprint density at radius 3 is 2.56 bits per heavy atom. The Labute approximate surface area is 96.3 Å². The summed E-state index contributed by atoms with van der Waals surface area (Å²) in [6.07, 6.45) is 2.70. The molecule has 1 unspecified atom stereocenters. The largest absolute Gasteiger partial charge is 0.475 e. The van der Waals surface area contributed by atoms with Gasteiger partial charge in [-0.05, 0) is 25.3 Å². The molecule has 0 radical (unpaired) electrons. The van der Waals surface area contributed by atoms with Gasteiger partial charge in [-0.25, -0.2) is 4.98 Å². The number of hydrogen-bond acceptors (Lipinski definition) is 3. The number of nitrogen functional groups attached to an aromatic ring is 1. The highest BCUT2D eigenvalue weighted by atomic mass is 16.5. The Kier molecular flexibility index (Phi) is 4.28. The van der Waals surface area contributed by atoms with Crippen molar-refractivity contribution in [3.63, 3.8) is 0 Å². The van der Waals surface area contributed by atoms with E-state index in [-0.39, 0.29) is 11.9 Å². The quantitative estimate of drug-likeness (QED) is 0.591. The lowest BCUT2D eigenvalue weighted by atomic mass is 10.1. The van der Waals surface area contributed by atoms with Crippen molar-refractivity contribution in [2.24, 2.45) is 11.7 Å². The zero-order valence-electron chi connectivity index (χ0n) is 10.0. The molecule has 0 saturated carbocycles. The van der Waals surface area contributed by atoms with Gasteiger partial charge in [0.2, 0.25) is 5.88 Å². The molecule has 0 amide bonds. The second-order valence-electron chi connectivity index (χ2n) is 4.36. The Morgan fingerprint density at radius 2 is 2.12 bits per heavy atom. The van der Waals surface area contributed by atoms with Crippen LogP contribution in [0.3, 0.4) is 0 Å². The van der Waals surface area contributed by atoms with Crippen molar-refractivity contribution in [2.45, 2.75) is 33.3 Å². The lowest BCUT2D eigenvalue weighted by molar-refractivity contribution is 0.185. The van der Waals surface area contributed by atoms with E-state index < -0.39 is 0 Å². The first-order chi connectivity index (χ1) is 7.49. The molecular weight excluding hydrogens is 202 g/mol. The van der Waals surface area contributed by atoms with Gasteiger partial charge in [0.15, 0.2) is 0 Å². The SMILES string of the molecule is CC(C)CC(C)Oc1ccc(C(=N)N)cn1.